The molecule has 0 radical (unpaired) electrons. The molecule has 0 bridgehead atoms. The van der Waals surface area contributed by atoms with E-state index in [4.69, 9.17) is 0 Å². The third-order valence-electron chi connectivity index (χ3n) is 3.85. The largest absolute Gasteiger partial charge is 0.389 e. The molecule has 1 aliphatic carbocycles. The third-order valence-corrected chi connectivity index (χ3v) is 3.85. The number of pyridine rings is 1. The summed E-state index contributed by atoms with van der Waals surface area (Å²) < 4.78 is 0. The van der Waals surface area contributed by atoms with E-state index in [2.05, 4.69) is 18.8 Å². The molecule has 2 heteroatoms. The van der Waals surface area contributed by atoms with Crippen molar-refractivity contribution in [1.82, 2.24) is 4.98 Å². The molecule has 2 nitrogen and oxygen atoms in total. The van der Waals surface area contributed by atoms with Gasteiger partial charge in [-0.1, -0.05) is 19.9 Å². The molecule has 0 spiro atoms. The van der Waals surface area contributed by atoms with Gasteiger partial charge in [0.2, 0.25) is 0 Å². The summed E-state index contributed by atoms with van der Waals surface area (Å²) in [4.78, 5) is 4.29. The van der Waals surface area contributed by atoms with Crippen LogP contribution in [-0.4, -0.2) is 15.7 Å². The van der Waals surface area contributed by atoms with Crippen molar-refractivity contribution in [3.8, 4) is 0 Å². The highest BCUT2D eigenvalue weighted by Gasteiger charge is 2.47. The monoisotopic (exact) mass is 205 g/mol. The molecule has 1 atom stereocenters. The maximum Gasteiger partial charge on any atom is 0.0753 e. The Morgan fingerprint density at radius 2 is 2.13 bits per heavy atom. The van der Waals surface area contributed by atoms with Gasteiger partial charge in [-0.3, -0.25) is 4.98 Å². The molecule has 0 aromatic carbocycles. The van der Waals surface area contributed by atoms with Crippen LogP contribution in [0, 0.1) is 5.41 Å². The Balaban J connectivity index is 2.18. The van der Waals surface area contributed by atoms with Crippen LogP contribution >= 0.6 is 0 Å². The molecule has 1 fully saturated rings. The third kappa shape index (κ3) is 1.91. The summed E-state index contributed by atoms with van der Waals surface area (Å²) >= 11 is 0. The summed E-state index contributed by atoms with van der Waals surface area (Å²) in [5.41, 5.74) is 0.446. The highest BCUT2D eigenvalue weighted by atomic mass is 16.3. The van der Waals surface area contributed by atoms with E-state index in [1.54, 1.807) is 6.20 Å². The van der Waals surface area contributed by atoms with Crippen molar-refractivity contribution in [2.75, 3.05) is 0 Å². The van der Waals surface area contributed by atoms with Gasteiger partial charge in [0.1, 0.15) is 0 Å². The summed E-state index contributed by atoms with van der Waals surface area (Å²) in [5.74, 6) is 0. The molecule has 0 saturated heterocycles. The first-order valence-corrected chi connectivity index (χ1v) is 5.66. The number of hydrogen-bond donors (Lipinski definition) is 1. The Hall–Kier alpha value is -0.890. The molecule has 1 heterocycles. The summed E-state index contributed by atoms with van der Waals surface area (Å²) in [7, 11) is 0. The Kier molecular flexibility index (Phi) is 2.55. The molecule has 0 aliphatic heterocycles. The van der Waals surface area contributed by atoms with E-state index in [0.29, 0.717) is 6.42 Å². The van der Waals surface area contributed by atoms with Gasteiger partial charge in [0.05, 0.1) is 5.60 Å². The number of aromatic nitrogens is 1. The Bertz CT molecular complexity index is 334. The van der Waals surface area contributed by atoms with Crippen LogP contribution in [0.15, 0.2) is 24.4 Å². The van der Waals surface area contributed by atoms with Crippen LogP contribution in [0.4, 0.5) is 0 Å². The van der Waals surface area contributed by atoms with Crippen LogP contribution in [0.25, 0.3) is 0 Å². The summed E-state index contributed by atoms with van der Waals surface area (Å²) in [5, 5.41) is 10.6. The molecule has 2 rings (SSSR count). The van der Waals surface area contributed by atoms with Crippen LogP contribution < -0.4 is 0 Å². The molecular weight excluding hydrogens is 186 g/mol. The van der Waals surface area contributed by atoms with Gasteiger partial charge in [-0.15, -0.1) is 0 Å². The first-order chi connectivity index (χ1) is 7.04. The van der Waals surface area contributed by atoms with Gasteiger partial charge in [-0.05, 0) is 36.8 Å². The van der Waals surface area contributed by atoms with Crippen molar-refractivity contribution in [3.63, 3.8) is 0 Å². The molecule has 15 heavy (non-hydrogen) atoms. The zero-order chi connectivity index (χ0) is 10.9. The summed E-state index contributed by atoms with van der Waals surface area (Å²) in [6.45, 7) is 4.31. The lowest BCUT2D eigenvalue weighted by Gasteiger charge is -2.36. The minimum atomic E-state index is -0.568. The average Bonchev–Trinajstić information content (AvgIpc) is 2.43. The molecule has 1 aromatic heterocycles. The summed E-state index contributed by atoms with van der Waals surface area (Å²) in [6, 6.07) is 5.88. The second-order valence-corrected chi connectivity index (χ2v) is 5.27. The second-order valence-electron chi connectivity index (χ2n) is 5.27. The van der Waals surface area contributed by atoms with Crippen molar-refractivity contribution < 1.29 is 5.11 Å². The fraction of sp³-hybridized carbons (Fsp3) is 0.615. The fourth-order valence-corrected chi connectivity index (χ4v) is 2.52. The lowest BCUT2D eigenvalue weighted by molar-refractivity contribution is -0.0426. The normalized spacial score (nSPS) is 29.3. The SMILES string of the molecule is CC1(C)CCCC1(O)Cc1ccccn1. The highest BCUT2D eigenvalue weighted by Crippen LogP contribution is 2.47. The van der Waals surface area contributed by atoms with E-state index in [9.17, 15) is 5.11 Å². The molecular formula is C13H19NO. The van der Waals surface area contributed by atoms with Crippen LogP contribution in [-0.2, 0) is 6.42 Å². The number of hydrogen-bond acceptors (Lipinski definition) is 2. The zero-order valence-corrected chi connectivity index (χ0v) is 9.53. The summed E-state index contributed by atoms with van der Waals surface area (Å²) in [6.07, 6.45) is 5.60. The zero-order valence-electron chi connectivity index (χ0n) is 9.53. The molecule has 1 aromatic rings. The van der Waals surface area contributed by atoms with Crippen molar-refractivity contribution in [1.29, 1.82) is 0 Å². The average molecular weight is 205 g/mol. The lowest BCUT2D eigenvalue weighted by atomic mass is 9.75. The van der Waals surface area contributed by atoms with E-state index in [1.807, 2.05) is 18.2 Å². The van der Waals surface area contributed by atoms with E-state index in [1.165, 1.54) is 0 Å². The molecule has 0 amide bonds. The predicted molar refractivity (Wildman–Crippen MR) is 60.5 cm³/mol. The van der Waals surface area contributed by atoms with Gasteiger partial charge >= 0.3 is 0 Å². The molecule has 1 aliphatic rings. The first kappa shape index (κ1) is 10.6. The van der Waals surface area contributed by atoms with Gasteiger partial charge < -0.3 is 5.11 Å². The standard InChI is InChI=1S/C13H19NO/c1-12(2)7-5-8-13(12,15)10-11-6-3-4-9-14-11/h3-4,6,9,15H,5,7-8,10H2,1-2H3. The first-order valence-electron chi connectivity index (χ1n) is 5.66. The Morgan fingerprint density at radius 3 is 2.67 bits per heavy atom. The van der Waals surface area contributed by atoms with Crippen LogP contribution in [0.5, 0.6) is 0 Å². The minimum Gasteiger partial charge on any atom is -0.389 e. The van der Waals surface area contributed by atoms with Gasteiger partial charge in [0.15, 0.2) is 0 Å². The molecule has 1 N–H and O–H groups in total. The van der Waals surface area contributed by atoms with Crippen LogP contribution in [0.3, 0.4) is 0 Å². The van der Waals surface area contributed by atoms with Gasteiger partial charge in [-0.2, -0.15) is 0 Å². The van der Waals surface area contributed by atoms with Gasteiger partial charge in [0.25, 0.3) is 0 Å². The van der Waals surface area contributed by atoms with E-state index < -0.39 is 5.60 Å². The molecule has 82 valence electrons. The predicted octanol–water partition coefficient (Wildman–Crippen LogP) is 2.57. The minimum absolute atomic E-state index is 0.0184. The number of rotatable bonds is 2. The van der Waals surface area contributed by atoms with Crippen molar-refractivity contribution in [2.24, 2.45) is 5.41 Å². The van der Waals surface area contributed by atoms with Crippen LogP contribution in [0.1, 0.15) is 38.8 Å². The van der Waals surface area contributed by atoms with E-state index >= 15 is 0 Å². The highest BCUT2D eigenvalue weighted by molar-refractivity contribution is 5.11. The van der Waals surface area contributed by atoms with Gasteiger partial charge in [0, 0.05) is 18.3 Å². The number of aliphatic hydroxyl groups is 1. The van der Waals surface area contributed by atoms with E-state index in [0.717, 1.165) is 25.0 Å². The van der Waals surface area contributed by atoms with Gasteiger partial charge in [-0.25, -0.2) is 0 Å². The second kappa shape index (κ2) is 3.60. The molecule has 1 saturated carbocycles. The lowest BCUT2D eigenvalue weighted by Crippen LogP contribution is -2.42. The fourth-order valence-electron chi connectivity index (χ4n) is 2.52. The Labute approximate surface area is 91.4 Å². The van der Waals surface area contributed by atoms with Crippen molar-refractivity contribution in [3.05, 3.63) is 30.1 Å². The van der Waals surface area contributed by atoms with E-state index in [-0.39, 0.29) is 5.41 Å². The van der Waals surface area contributed by atoms with Crippen molar-refractivity contribution in [2.45, 2.75) is 45.1 Å². The number of nitrogens with zero attached hydrogens (tertiary/aromatic N) is 1. The van der Waals surface area contributed by atoms with Crippen LogP contribution in [0.2, 0.25) is 0 Å². The quantitative estimate of drug-likeness (QED) is 0.805. The smallest absolute Gasteiger partial charge is 0.0753 e. The maximum atomic E-state index is 10.6. The maximum absolute atomic E-state index is 10.6. The topological polar surface area (TPSA) is 33.1 Å². The Morgan fingerprint density at radius 1 is 1.33 bits per heavy atom. The molecule has 1 unspecified atom stereocenters. The van der Waals surface area contributed by atoms with Crippen molar-refractivity contribution >= 4 is 0 Å².